The van der Waals surface area contributed by atoms with E-state index in [0.717, 1.165) is 0 Å². The predicted octanol–water partition coefficient (Wildman–Crippen LogP) is 2.90. The lowest BCUT2D eigenvalue weighted by molar-refractivity contribution is 1.50. The van der Waals surface area contributed by atoms with Crippen LogP contribution in [0, 0.1) is 0 Å². The van der Waals surface area contributed by atoms with Crippen LogP contribution >= 0.6 is 48.0 Å². The van der Waals surface area contributed by atoms with Gasteiger partial charge in [-0.25, -0.2) is 0 Å². The van der Waals surface area contributed by atoms with Crippen LogP contribution in [0.4, 0.5) is 0 Å². The highest BCUT2D eigenvalue weighted by atomic mass is 127. The quantitative estimate of drug-likeness (QED) is 0.604. The molecule has 0 aromatic carbocycles. The third-order valence-electron chi connectivity index (χ3n) is 0. The van der Waals surface area contributed by atoms with Gasteiger partial charge in [0.1, 0.15) is 0 Å². The fraction of sp³-hybridized carbons (Fsp3) is 1.00. The average molecular weight is 310 g/mol. The topological polar surface area (TPSA) is 0 Å². The molecule has 0 amide bonds. The molecule has 0 saturated heterocycles. The van der Waals surface area contributed by atoms with Crippen LogP contribution in [0.3, 0.4) is 0 Å². The minimum atomic E-state index is -2.42. The Morgan fingerprint density at radius 1 is 1.80 bits per heavy atom. The van der Waals surface area contributed by atoms with Crippen molar-refractivity contribution in [1.29, 1.82) is 0 Å². The van der Waals surface area contributed by atoms with Crippen LogP contribution in [-0.2, 0) is 0 Å². The van der Waals surface area contributed by atoms with E-state index in [9.17, 15) is 0 Å². The molecule has 2 heteroatoms. The van der Waals surface area contributed by atoms with Crippen LogP contribution in [0.5, 0.6) is 0 Å². The van der Waals surface area contributed by atoms with Crippen molar-refractivity contribution in [3.8, 4) is 0 Å². The Kier molecular flexibility index (Phi) is 17.9. The normalized spacial score (nSPS) is 26.8. The summed E-state index contributed by atoms with van der Waals surface area (Å²) in [6.07, 6.45) is 0. The molecule has 0 atom stereocenters. The van der Waals surface area contributed by atoms with E-state index in [0.29, 0.717) is 0 Å². The summed E-state index contributed by atoms with van der Waals surface area (Å²) in [5.41, 5.74) is 0. The number of halogens is 2. The Labute approximate surface area is 80.0 Å². The van der Waals surface area contributed by atoms with Gasteiger partial charge in [-0.15, -0.1) is 48.0 Å². The van der Waals surface area contributed by atoms with Gasteiger partial charge in [0.2, 0.25) is 0 Å². The van der Waals surface area contributed by atoms with E-state index in [2.05, 4.69) is 0 Å². The van der Waals surface area contributed by atoms with Gasteiger partial charge in [0.25, 0.3) is 0 Å². The smallest absolute Gasteiger partial charge is 0.0228 e. The van der Waals surface area contributed by atoms with E-state index in [-0.39, 0.29) is 48.0 Å². The highest BCUT2D eigenvalue weighted by Gasteiger charge is 0.932. The summed E-state index contributed by atoms with van der Waals surface area (Å²) in [6, 6.07) is 0. The average Bonchev–Trinajstić information content (AvgIpc) is 1.59. The molecule has 0 fully saturated rings. The number of rotatable bonds is 0. The van der Waals surface area contributed by atoms with E-state index in [1.54, 1.807) is 0 Å². The highest BCUT2D eigenvalue weighted by molar-refractivity contribution is 14.0. The Bertz CT molecular complexity index is 87.1. The minimum Gasteiger partial charge on any atom is -0.107 e. The molecule has 0 nitrogen and oxygen atoms in total. The molecule has 38 valence electrons. The second-order valence-electron chi connectivity index (χ2n) is 0. The van der Waals surface area contributed by atoms with Crippen LogP contribution < -0.4 is 0 Å². The van der Waals surface area contributed by atoms with Crippen molar-refractivity contribution in [1.82, 2.24) is 0 Å². The first-order chi connectivity index (χ1) is 4.68. The first kappa shape index (κ1) is 1.76. The Morgan fingerprint density at radius 2 is 2.00 bits per heavy atom. The van der Waals surface area contributed by atoms with E-state index < -0.39 is 21.1 Å². The van der Waals surface area contributed by atoms with Crippen molar-refractivity contribution in [3.63, 3.8) is 0 Å². The van der Waals surface area contributed by atoms with Crippen molar-refractivity contribution in [2.75, 3.05) is 0 Å². The van der Waals surface area contributed by atoms with Gasteiger partial charge in [-0.3, -0.25) is 0 Å². The standard InChI is InChI=1S/C2H6.CH4.2HI/c1-2;;;/h1-2H3;1H4;2*1H/i1D2,2D3;1D3;;. The summed E-state index contributed by atoms with van der Waals surface area (Å²) in [5.74, 6) is 0. The molecule has 0 bridgehead atoms. The van der Waals surface area contributed by atoms with Crippen LogP contribution in [0.1, 0.15) is 32.0 Å². The lowest BCUT2D eigenvalue weighted by atomic mass is 11.0. The molecule has 0 aromatic rings. The monoisotopic (exact) mass is 310 g/mol. The largest absolute Gasteiger partial charge is 0.107 e. The molecule has 0 rings (SSSR count). The van der Waals surface area contributed by atoms with E-state index in [4.69, 9.17) is 11.0 Å². The predicted molar refractivity (Wildman–Crippen MR) is 48.9 cm³/mol. The molecule has 0 aromatic heterocycles. The molecule has 0 aliphatic carbocycles. The fourth-order valence-corrected chi connectivity index (χ4v) is 0. The molecule has 0 aliphatic rings. The van der Waals surface area contributed by atoms with Gasteiger partial charge in [-0.05, 0) is 0 Å². The van der Waals surface area contributed by atoms with Gasteiger partial charge < -0.3 is 0 Å². The van der Waals surface area contributed by atoms with Gasteiger partial charge in [-0.2, -0.15) is 0 Å². The summed E-state index contributed by atoms with van der Waals surface area (Å²) in [7, 11) is -1.42. The lowest BCUT2D eigenvalue weighted by Crippen LogP contribution is -0.856. The molecule has 0 heterocycles. The molecular formula is C3H12I2. The lowest BCUT2D eigenvalue weighted by Gasteiger charge is -1.07. The Morgan fingerprint density at radius 3 is 2.00 bits per heavy atom. The fourth-order valence-electron chi connectivity index (χ4n) is 0. The van der Waals surface area contributed by atoms with Crippen molar-refractivity contribution >= 4 is 48.0 Å². The maximum atomic E-state index is 6.34. The SMILES string of the molecule is I.I.[2H]C([2H])C([2H])([2H])[2H].[2H]C([2H])[2H]. The zero-order valence-corrected chi connectivity index (χ0v) is 7.13. The second kappa shape index (κ2) is 51.0. The van der Waals surface area contributed by atoms with Crippen molar-refractivity contribution in [2.45, 2.75) is 21.1 Å². The summed E-state index contributed by atoms with van der Waals surface area (Å²) in [6.45, 7) is -4.12. The van der Waals surface area contributed by atoms with Crippen molar-refractivity contribution in [2.24, 2.45) is 0 Å². The summed E-state index contributed by atoms with van der Waals surface area (Å²) in [5, 5.41) is 0. The molecule has 5 heavy (non-hydrogen) atoms. The molecule has 0 spiro atoms. The zero-order chi connectivity index (χ0) is 9.65. The van der Waals surface area contributed by atoms with Gasteiger partial charge in [-0.1, -0.05) is 21.1 Å². The molecular weight excluding hydrogens is 290 g/mol. The molecule has 0 radical (unpaired) electrons. The Hall–Kier alpha value is 1.46. The van der Waals surface area contributed by atoms with Crippen LogP contribution in [-0.4, -0.2) is 0 Å². The van der Waals surface area contributed by atoms with E-state index in [1.807, 2.05) is 0 Å². The first-order valence-corrected chi connectivity index (χ1v) is 0.289. The maximum Gasteiger partial charge on any atom is 0.0228 e. The van der Waals surface area contributed by atoms with Crippen molar-refractivity contribution < 1.29 is 11.0 Å². The summed E-state index contributed by atoms with van der Waals surface area (Å²) in [4.78, 5) is 0. The van der Waals surface area contributed by atoms with Gasteiger partial charge in [0.15, 0.2) is 0 Å². The molecule has 0 N–H and O–H groups in total. The molecule has 0 saturated carbocycles. The second-order valence-corrected chi connectivity index (χ2v) is 0. The third-order valence-corrected chi connectivity index (χ3v) is 0. The molecule has 0 aliphatic heterocycles. The van der Waals surface area contributed by atoms with Gasteiger partial charge >= 0.3 is 0 Å². The van der Waals surface area contributed by atoms with Gasteiger partial charge in [0, 0.05) is 11.0 Å². The zero-order valence-electron chi connectivity index (χ0n) is 10.5. The summed E-state index contributed by atoms with van der Waals surface area (Å²) < 4.78 is 49.5. The van der Waals surface area contributed by atoms with Crippen LogP contribution in [0.25, 0.3) is 0 Å². The highest BCUT2D eigenvalue weighted by Crippen LogP contribution is 1.14. The minimum absolute atomic E-state index is 0. The van der Waals surface area contributed by atoms with Gasteiger partial charge in [0.05, 0.1) is 0 Å². The maximum absolute atomic E-state index is 6.34. The summed E-state index contributed by atoms with van der Waals surface area (Å²) >= 11 is 0. The Balaban J connectivity index is -0.0000000600. The van der Waals surface area contributed by atoms with Crippen LogP contribution in [0.15, 0.2) is 0 Å². The first-order valence-electron chi connectivity index (χ1n) is 4.68. The number of hydrogen-bond donors (Lipinski definition) is 0. The van der Waals surface area contributed by atoms with E-state index in [1.165, 1.54) is 0 Å². The van der Waals surface area contributed by atoms with Crippen LogP contribution in [0.2, 0.25) is 0 Å². The van der Waals surface area contributed by atoms with Crippen molar-refractivity contribution in [3.05, 3.63) is 0 Å². The number of hydrogen-bond acceptors (Lipinski definition) is 0. The third kappa shape index (κ3) is 30.7. The van der Waals surface area contributed by atoms with E-state index >= 15 is 0 Å². The molecule has 0 unspecified atom stereocenters.